The molecule has 18 heavy (non-hydrogen) atoms. The minimum absolute atomic E-state index is 0.755. The molecule has 100 valence electrons. The molecule has 1 N–H and O–H groups in total. The van der Waals surface area contributed by atoms with E-state index >= 15 is 0 Å². The first kappa shape index (κ1) is 15.1. The van der Waals surface area contributed by atoms with Crippen molar-refractivity contribution in [2.24, 2.45) is 0 Å². The van der Waals surface area contributed by atoms with Crippen LogP contribution in [0, 0.1) is 0 Å². The van der Waals surface area contributed by atoms with Gasteiger partial charge in [0.15, 0.2) is 0 Å². The van der Waals surface area contributed by atoms with Crippen LogP contribution >= 0.6 is 0 Å². The molecule has 0 fully saturated rings. The van der Waals surface area contributed by atoms with Gasteiger partial charge < -0.3 is 13.3 Å². The van der Waals surface area contributed by atoms with Crippen LogP contribution in [0.25, 0.3) is 6.08 Å². The van der Waals surface area contributed by atoms with Gasteiger partial charge in [-0.2, -0.15) is 0 Å². The van der Waals surface area contributed by atoms with Gasteiger partial charge in [0.2, 0.25) is 0 Å². The first-order chi connectivity index (χ1) is 8.76. The fourth-order valence-electron chi connectivity index (χ4n) is 1.56. The van der Waals surface area contributed by atoms with Crippen LogP contribution in [0.5, 0.6) is 0 Å². The highest BCUT2D eigenvalue weighted by Gasteiger charge is 2.38. The normalized spacial score (nSPS) is 12.2. The molecule has 0 aliphatic carbocycles. The molecule has 5 heteroatoms. The largest absolute Gasteiger partial charge is 0.596 e. The van der Waals surface area contributed by atoms with Gasteiger partial charge in [-0.3, -0.25) is 4.98 Å². The lowest BCUT2D eigenvalue weighted by molar-refractivity contribution is 0.110. The summed E-state index contributed by atoms with van der Waals surface area (Å²) in [5.41, 5.74) is 1.20. The molecule has 0 unspecified atom stereocenters. The highest BCUT2D eigenvalue weighted by atomic mass is 28.4. The fraction of sp³-hybridized carbons (Fsp3) is 0.385. The third-order valence-corrected chi connectivity index (χ3v) is 4.86. The van der Waals surface area contributed by atoms with Crippen molar-refractivity contribution in [2.45, 2.75) is 6.42 Å². The van der Waals surface area contributed by atoms with Gasteiger partial charge in [-0.05, 0) is 18.5 Å². The molecule has 4 nitrogen and oxygen atoms in total. The van der Waals surface area contributed by atoms with Crippen molar-refractivity contribution < 1.29 is 13.3 Å². The Morgan fingerprint density at radius 2 is 1.67 bits per heavy atom. The van der Waals surface area contributed by atoms with Crippen molar-refractivity contribution in [3.63, 3.8) is 0 Å². The molecule has 0 amide bonds. The number of nitrogens with one attached hydrogen (secondary N) is 1. The maximum absolute atomic E-state index is 5.26. The zero-order valence-corrected chi connectivity index (χ0v) is 12.2. The van der Waals surface area contributed by atoms with Crippen LogP contribution < -0.4 is 4.98 Å². The van der Waals surface area contributed by atoms with Gasteiger partial charge in [0.1, 0.15) is 0 Å². The molecule has 0 aliphatic heterocycles. The van der Waals surface area contributed by atoms with Gasteiger partial charge in [-0.25, -0.2) is 0 Å². The standard InChI is InChI=1S/C13H21NO3Si/c1-15-18(16-2,17-3)14-12-8-7-11-13-9-5-4-6-10-13/h4-7,9-11,14H,8,12H2,1-3H3. The Hall–Kier alpha value is -0.983. The number of hydrogen-bond acceptors (Lipinski definition) is 4. The quantitative estimate of drug-likeness (QED) is 0.578. The van der Waals surface area contributed by atoms with E-state index in [0.29, 0.717) is 0 Å². The second-order valence-corrected chi connectivity index (χ2v) is 6.39. The molecule has 0 saturated heterocycles. The Balaban J connectivity index is 2.32. The van der Waals surface area contributed by atoms with E-state index in [2.05, 4.69) is 29.3 Å². The van der Waals surface area contributed by atoms with Crippen molar-refractivity contribution in [1.82, 2.24) is 4.98 Å². The summed E-state index contributed by atoms with van der Waals surface area (Å²) in [6, 6.07) is 10.2. The number of rotatable bonds is 8. The monoisotopic (exact) mass is 267 g/mol. The summed E-state index contributed by atoms with van der Waals surface area (Å²) in [7, 11) is 2.14. The van der Waals surface area contributed by atoms with Crippen LogP contribution in [0.1, 0.15) is 12.0 Å². The summed E-state index contributed by atoms with van der Waals surface area (Å²) < 4.78 is 15.8. The minimum Gasteiger partial charge on any atom is -0.364 e. The number of benzene rings is 1. The zero-order chi connectivity index (χ0) is 13.3. The second kappa shape index (κ2) is 8.18. The molecule has 0 atom stereocenters. The van der Waals surface area contributed by atoms with Gasteiger partial charge in [0, 0.05) is 21.3 Å². The summed E-state index contributed by atoms with van der Waals surface area (Å²) in [5, 5.41) is 0. The van der Waals surface area contributed by atoms with Gasteiger partial charge >= 0.3 is 8.97 Å². The van der Waals surface area contributed by atoms with E-state index in [4.69, 9.17) is 13.3 Å². The predicted octanol–water partition coefficient (Wildman–Crippen LogP) is 2.05. The Bertz CT molecular complexity index is 344. The molecule has 1 rings (SSSR count). The second-order valence-electron chi connectivity index (χ2n) is 3.70. The summed E-state index contributed by atoms with van der Waals surface area (Å²) >= 11 is 0. The van der Waals surface area contributed by atoms with E-state index in [0.717, 1.165) is 13.0 Å². The molecule has 0 bridgehead atoms. The topological polar surface area (TPSA) is 39.7 Å². The lowest BCUT2D eigenvalue weighted by atomic mass is 10.2. The molecular formula is C13H21NO3Si. The van der Waals surface area contributed by atoms with Crippen molar-refractivity contribution >= 4 is 15.0 Å². The molecule has 1 aromatic rings. The van der Waals surface area contributed by atoms with Crippen LogP contribution in [-0.2, 0) is 13.3 Å². The van der Waals surface area contributed by atoms with Crippen LogP contribution in [0.15, 0.2) is 36.4 Å². The van der Waals surface area contributed by atoms with Crippen molar-refractivity contribution in [2.75, 3.05) is 27.9 Å². The van der Waals surface area contributed by atoms with Gasteiger partial charge in [-0.1, -0.05) is 42.5 Å². The predicted molar refractivity (Wildman–Crippen MR) is 74.9 cm³/mol. The highest BCUT2D eigenvalue weighted by Crippen LogP contribution is 2.03. The van der Waals surface area contributed by atoms with Crippen molar-refractivity contribution in [1.29, 1.82) is 0 Å². The summed E-state index contributed by atoms with van der Waals surface area (Å²) in [6.07, 6.45) is 5.10. The Morgan fingerprint density at radius 3 is 2.22 bits per heavy atom. The fourth-order valence-corrected chi connectivity index (χ4v) is 2.94. The summed E-state index contributed by atoms with van der Waals surface area (Å²) in [6.45, 7) is 0.755. The molecule has 1 aromatic carbocycles. The first-order valence-electron chi connectivity index (χ1n) is 5.88. The third-order valence-electron chi connectivity index (χ3n) is 2.57. The van der Waals surface area contributed by atoms with Crippen molar-refractivity contribution in [3.8, 4) is 0 Å². The number of hydrogen-bond donors (Lipinski definition) is 1. The van der Waals surface area contributed by atoms with E-state index < -0.39 is 8.97 Å². The molecular weight excluding hydrogens is 246 g/mol. The van der Waals surface area contributed by atoms with Crippen LogP contribution in [-0.4, -0.2) is 36.8 Å². The van der Waals surface area contributed by atoms with E-state index in [9.17, 15) is 0 Å². The Kier molecular flexibility index (Phi) is 6.85. The summed E-state index contributed by atoms with van der Waals surface area (Å²) in [4.78, 5) is 3.19. The SMILES string of the molecule is CO[Si](NCCC=Cc1ccccc1)(OC)OC. The highest BCUT2D eigenvalue weighted by molar-refractivity contribution is 6.57. The van der Waals surface area contributed by atoms with Gasteiger partial charge in [0.25, 0.3) is 0 Å². The van der Waals surface area contributed by atoms with E-state index in [1.165, 1.54) is 5.56 Å². The van der Waals surface area contributed by atoms with E-state index in [1.54, 1.807) is 21.3 Å². The summed E-state index contributed by atoms with van der Waals surface area (Å²) in [5.74, 6) is 0. The smallest absolute Gasteiger partial charge is 0.364 e. The minimum atomic E-state index is -2.63. The first-order valence-corrected chi connectivity index (χ1v) is 7.61. The maximum atomic E-state index is 5.26. The molecule has 0 radical (unpaired) electrons. The molecule has 0 aromatic heterocycles. The van der Waals surface area contributed by atoms with Gasteiger partial charge in [-0.15, -0.1) is 0 Å². The molecule has 0 aliphatic rings. The van der Waals surface area contributed by atoms with Crippen LogP contribution in [0.4, 0.5) is 0 Å². The van der Waals surface area contributed by atoms with Crippen molar-refractivity contribution in [3.05, 3.63) is 42.0 Å². The lowest BCUT2D eigenvalue weighted by Crippen LogP contribution is -2.57. The van der Waals surface area contributed by atoms with E-state index in [-0.39, 0.29) is 0 Å². The van der Waals surface area contributed by atoms with Crippen LogP contribution in [0.3, 0.4) is 0 Å². The zero-order valence-electron chi connectivity index (χ0n) is 11.2. The van der Waals surface area contributed by atoms with Crippen LogP contribution in [0.2, 0.25) is 0 Å². The van der Waals surface area contributed by atoms with E-state index in [1.807, 2.05) is 18.2 Å². The lowest BCUT2D eigenvalue weighted by Gasteiger charge is -2.24. The van der Waals surface area contributed by atoms with Gasteiger partial charge in [0.05, 0.1) is 0 Å². The average Bonchev–Trinajstić information content (AvgIpc) is 2.45. The molecule has 0 heterocycles. The Labute approximate surface area is 110 Å². The third kappa shape index (κ3) is 4.71. The molecule has 0 spiro atoms. The average molecular weight is 267 g/mol. The maximum Gasteiger partial charge on any atom is 0.596 e. The Morgan fingerprint density at radius 1 is 1.06 bits per heavy atom. The molecule has 0 saturated carbocycles.